The summed E-state index contributed by atoms with van der Waals surface area (Å²) in [5.41, 5.74) is 1.33. The largest absolute Gasteiger partial charge is 0.338 e. The molecule has 25 heavy (non-hydrogen) atoms. The van der Waals surface area contributed by atoms with Gasteiger partial charge in [0.25, 0.3) is 5.91 Å². The molecule has 2 N–H and O–H groups in total. The van der Waals surface area contributed by atoms with E-state index in [2.05, 4.69) is 15.5 Å². The molecule has 0 radical (unpaired) electrons. The van der Waals surface area contributed by atoms with Crippen molar-refractivity contribution in [2.45, 2.75) is 25.3 Å². The van der Waals surface area contributed by atoms with Crippen molar-refractivity contribution in [2.24, 2.45) is 0 Å². The third-order valence-electron chi connectivity index (χ3n) is 5.16. The molecule has 1 atom stereocenters. The van der Waals surface area contributed by atoms with E-state index in [-0.39, 0.29) is 17.9 Å². The van der Waals surface area contributed by atoms with E-state index < -0.39 is 0 Å². The van der Waals surface area contributed by atoms with Crippen molar-refractivity contribution in [3.05, 3.63) is 30.0 Å². The van der Waals surface area contributed by atoms with Gasteiger partial charge in [-0.2, -0.15) is 5.10 Å². The second kappa shape index (κ2) is 6.84. The van der Waals surface area contributed by atoms with Crippen LogP contribution < -0.4 is 5.32 Å². The fraction of sp³-hybridized carbons (Fsp3) is 0.500. The van der Waals surface area contributed by atoms with E-state index >= 15 is 0 Å². The quantitative estimate of drug-likeness (QED) is 0.853. The summed E-state index contributed by atoms with van der Waals surface area (Å²) in [5, 5.41) is 11.3. The molecule has 1 aromatic carbocycles. The molecule has 2 aromatic rings. The van der Waals surface area contributed by atoms with Crippen LogP contribution in [0.5, 0.6) is 0 Å². The van der Waals surface area contributed by atoms with Gasteiger partial charge < -0.3 is 15.1 Å². The molecule has 4 rings (SSSR count). The molecule has 3 heterocycles. The highest BCUT2D eigenvalue weighted by atomic mass is 16.2. The van der Waals surface area contributed by atoms with E-state index in [0.29, 0.717) is 31.9 Å². The maximum atomic E-state index is 12.8. The summed E-state index contributed by atoms with van der Waals surface area (Å²) in [4.78, 5) is 29.0. The third-order valence-corrected chi connectivity index (χ3v) is 5.16. The normalized spacial score (nSPS) is 21.5. The van der Waals surface area contributed by atoms with Crippen LogP contribution in [0.25, 0.3) is 10.9 Å². The number of nitrogens with one attached hydrogen (secondary N) is 2. The molecule has 2 saturated heterocycles. The Hall–Kier alpha value is -2.41. The van der Waals surface area contributed by atoms with Gasteiger partial charge in [-0.1, -0.05) is 24.6 Å². The Balaban J connectivity index is 1.39. The number of rotatable bonds is 2. The highest BCUT2D eigenvalue weighted by molar-refractivity contribution is 6.04. The molecule has 2 fully saturated rings. The van der Waals surface area contributed by atoms with E-state index in [9.17, 15) is 9.59 Å². The number of piperidine rings is 1. The summed E-state index contributed by atoms with van der Waals surface area (Å²) in [6.07, 6.45) is 3.16. The van der Waals surface area contributed by atoms with Crippen molar-refractivity contribution in [1.29, 1.82) is 0 Å². The van der Waals surface area contributed by atoms with Crippen LogP contribution in [-0.4, -0.2) is 70.6 Å². The number of piperazine rings is 1. The smallest absolute Gasteiger partial charge is 0.275 e. The second-order valence-electron chi connectivity index (χ2n) is 6.74. The zero-order valence-electron chi connectivity index (χ0n) is 14.2. The molecule has 1 unspecified atom stereocenters. The van der Waals surface area contributed by atoms with Gasteiger partial charge in [-0.3, -0.25) is 14.7 Å². The third kappa shape index (κ3) is 3.11. The number of H-pyrrole nitrogens is 1. The number of amides is 2. The van der Waals surface area contributed by atoms with Crippen LogP contribution in [0, 0.1) is 0 Å². The van der Waals surface area contributed by atoms with Gasteiger partial charge in [0.05, 0.1) is 11.6 Å². The number of hydrogen-bond acceptors (Lipinski definition) is 4. The van der Waals surface area contributed by atoms with Crippen molar-refractivity contribution >= 4 is 22.7 Å². The van der Waals surface area contributed by atoms with Crippen LogP contribution in [0.2, 0.25) is 0 Å². The van der Waals surface area contributed by atoms with E-state index in [1.165, 1.54) is 0 Å². The zero-order valence-corrected chi connectivity index (χ0v) is 14.2. The Labute approximate surface area is 146 Å². The fourth-order valence-electron chi connectivity index (χ4n) is 3.69. The number of para-hydroxylation sites is 1. The van der Waals surface area contributed by atoms with Crippen molar-refractivity contribution in [2.75, 3.05) is 32.7 Å². The topological polar surface area (TPSA) is 81.3 Å². The molecule has 2 aliphatic rings. The molecule has 0 saturated carbocycles. The maximum Gasteiger partial charge on any atom is 0.275 e. The van der Waals surface area contributed by atoms with Gasteiger partial charge in [-0.25, -0.2) is 0 Å². The van der Waals surface area contributed by atoms with E-state index in [1.54, 1.807) is 4.90 Å². The first-order valence-electron chi connectivity index (χ1n) is 8.98. The van der Waals surface area contributed by atoms with Gasteiger partial charge in [0, 0.05) is 31.6 Å². The van der Waals surface area contributed by atoms with Crippen LogP contribution in [0.4, 0.5) is 0 Å². The molecule has 2 amide bonds. The lowest BCUT2D eigenvalue weighted by Crippen LogP contribution is -2.55. The summed E-state index contributed by atoms with van der Waals surface area (Å²) in [6.45, 7) is 3.20. The van der Waals surface area contributed by atoms with Gasteiger partial charge in [0.15, 0.2) is 5.69 Å². The predicted octanol–water partition coefficient (Wildman–Crippen LogP) is 0.989. The first-order valence-corrected chi connectivity index (χ1v) is 8.98. The average molecular weight is 341 g/mol. The first kappa shape index (κ1) is 16.1. The van der Waals surface area contributed by atoms with Crippen molar-refractivity contribution in [3.63, 3.8) is 0 Å². The predicted molar refractivity (Wildman–Crippen MR) is 94.2 cm³/mol. The van der Waals surface area contributed by atoms with Crippen molar-refractivity contribution in [1.82, 2.24) is 25.3 Å². The Morgan fingerprint density at radius 1 is 1.04 bits per heavy atom. The molecular formula is C18H23N5O2. The van der Waals surface area contributed by atoms with Gasteiger partial charge in [0.1, 0.15) is 0 Å². The summed E-state index contributed by atoms with van der Waals surface area (Å²) in [6, 6.07) is 7.58. The van der Waals surface area contributed by atoms with E-state index in [1.807, 2.05) is 29.2 Å². The average Bonchev–Trinajstić information content (AvgIpc) is 3.12. The molecule has 1 aromatic heterocycles. The van der Waals surface area contributed by atoms with Crippen molar-refractivity contribution in [3.8, 4) is 0 Å². The van der Waals surface area contributed by atoms with Gasteiger partial charge in [0.2, 0.25) is 5.91 Å². The minimum atomic E-state index is -0.0691. The highest BCUT2D eigenvalue weighted by Gasteiger charge is 2.30. The Kier molecular flexibility index (Phi) is 4.40. The number of hydrogen-bond donors (Lipinski definition) is 2. The molecule has 0 aliphatic carbocycles. The number of nitrogens with zero attached hydrogens (tertiary/aromatic N) is 3. The van der Waals surface area contributed by atoms with Crippen LogP contribution in [-0.2, 0) is 4.79 Å². The Bertz CT molecular complexity index is 773. The van der Waals surface area contributed by atoms with Crippen LogP contribution in [0.3, 0.4) is 0 Å². The van der Waals surface area contributed by atoms with Crippen LogP contribution >= 0.6 is 0 Å². The lowest BCUT2D eigenvalue weighted by molar-refractivity contribution is -0.135. The van der Waals surface area contributed by atoms with Crippen LogP contribution in [0.15, 0.2) is 24.3 Å². The molecule has 132 valence electrons. The SMILES string of the molecule is O=C(c1n[nH]c2ccccc12)N1CCN(C(=O)C2CCCCN2)CC1. The minimum absolute atomic E-state index is 0.0497. The molecular weight excluding hydrogens is 318 g/mol. The highest BCUT2D eigenvalue weighted by Crippen LogP contribution is 2.18. The fourth-order valence-corrected chi connectivity index (χ4v) is 3.69. The maximum absolute atomic E-state index is 12.8. The molecule has 0 spiro atoms. The second-order valence-corrected chi connectivity index (χ2v) is 6.74. The van der Waals surface area contributed by atoms with Gasteiger partial charge in [-0.15, -0.1) is 0 Å². The molecule has 0 bridgehead atoms. The number of carbonyl (C=O) groups excluding carboxylic acids is 2. The molecule has 7 nitrogen and oxygen atoms in total. The number of aromatic nitrogens is 2. The van der Waals surface area contributed by atoms with Gasteiger partial charge >= 0.3 is 0 Å². The summed E-state index contributed by atoms with van der Waals surface area (Å²) in [5.74, 6) is 0.109. The van der Waals surface area contributed by atoms with E-state index in [4.69, 9.17) is 0 Å². The van der Waals surface area contributed by atoms with Crippen molar-refractivity contribution < 1.29 is 9.59 Å². The zero-order chi connectivity index (χ0) is 17.2. The first-order chi connectivity index (χ1) is 12.2. The summed E-state index contributed by atoms with van der Waals surface area (Å²) < 4.78 is 0. The number of carbonyl (C=O) groups is 2. The number of fused-ring (bicyclic) bond motifs is 1. The van der Waals surface area contributed by atoms with Gasteiger partial charge in [-0.05, 0) is 25.5 Å². The van der Waals surface area contributed by atoms with E-state index in [0.717, 1.165) is 36.7 Å². The van der Waals surface area contributed by atoms with Crippen LogP contribution in [0.1, 0.15) is 29.8 Å². The Morgan fingerprint density at radius 3 is 2.56 bits per heavy atom. The Morgan fingerprint density at radius 2 is 1.80 bits per heavy atom. The standard InChI is InChI=1S/C18H23N5O2/c24-17(15-7-3-4-8-19-15)22-9-11-23(12-10-22)18(25)16-13-5-1-2-6-14(13)20-21-16/h1-2,5-6,15,19H,3-4,7-12H2,(H,20,21). The lowest BCUT2D eigenvalue weighted by Gasteiger charge is -2.37. The molecule has 7 heteroatoms. The molecule has 2 aliphatic heterocycles. The number of benzene rings is 1. The monoisotopic (exact) mass is 341 g/mol. The lowest BCUT2D eigenvalue weighted by atomic mass is 10.0. The summed E-state index contributed by atoms with van der Waals surface area (Å²) in [7, 11) is 0. The number of aromatic amines is 1. The minimum Gasteiger partial charge on any atom is -0.338 e. The summed E-state index contributed by atoms with van der Waals surface area (Å²) >= 11 is 0.